The number of hydrogen-bond donors (Lipinski definition) is 0. The minimum absolute atomic E-state index is 0.358. The van der Waals surface area contributed by atoms with Gasteiger partial charge in [-0.1, -0.05) is 94.2 Å². The molecule has 0 aromatic rings. The molecule has 30 heavy (non-hydrogen) atoms. The molecular formula is C30H46. The summed E-state index contributed by atoms with van der Waals surface area (Å²) in [6.07, 6.45) is 24.5. The van der Waals surface area contributed by atoms with Gasteiger partial charge < -0.3 is 0 Å². The lowest BCUT2D eigenvalue weighted by Gasteiger charge is -2.59. The maximum absolute atomic E-state index is 4.60. The molecule has 0 aromatic heterocycles. The second-order valence-electron chi connectivity index (χ2n) is 10.1. The predicted octanol–water partition coefficient (Wildman–Crippen LogP) is 9.50. The molecule has 0 aromatic carbocycles. The van der Waals surface area contributed by atoms with Crippen LogP contribution in [0.3, 0.4) is 0 Å². The average Bonchev–Trinajstić information content (AvgIpc) is 3.01. The van der Waals surface area contributed by atoms with Gasteiger partial charge in [-0.15, -0.1) is 5.73 Å². The summed E-state index contributed by atoms with van der Waals surface area (Å²) in [6, 6.07) is 0. The van der Waals surface area contributed by atoms with Crippen molar-refractivity contribution >= 4 is 0 Å². The molecule has 166 valence electrons. The van der Waals surface area contributed by atoms with Crippen LogP contribution < -0.4 is 0 Å². The highest BCUT2D eigenvalue weighted by Gasteiger charge is 2.56. The first kappa shape index (κ1) is 23.4. The summed E-state index contributed by atoms with van der Waals surface area (Å²) < 4.78 is 0. The van der Waals surface area contributed by atoms with Gasteiger partial charge in [0.25, 0.3) is 0 Å². The zero-order valence-corrected chi connectivity index (χ0v) is 20.4. The third-order valence-electron chi connectivity index (χ3n) is 8.60. The van der Waals surface area contributed by atoms with Crippen molar-refractivity contribution in [3.63, 3.8) is 0 Å². The van der Waals surface area contributed by atoms with Gasteiger partial charge in [0.1, 0.15) is 0 Å². The standard InChI is InChI=1S/C30H46/c1-6-9-12-18-29-28(8-3)24(5)30(29)22-21-27(30)20-19-25(15-7-2)23(4)26-16-13-10-11-14-17-26/h7,15,19,25-26,29H,4,6,8-14,16-18,21-22H2,1-3,5H3. The van der Waals surface area contributed by atoms with E-state index < -0.39 is 0 Å². The molecule has 1 spiro atoms. The summed E-state index contributed by atoms with van der Waals surface area (Å²) in [7, 11) is 0. The third kappa shape index (κ3) is 4.50. The molecule has 0 amide bonds. The number of unbranched alkanes of at least 4 members (excludes halogenated alkanes) is 2. The predicted molar refractivity (Wildman–Crippen MR) is 133 cm³/mol. The molecule has 0 radical (unpaired) electrons. The highest BCUT2D eigenvalue weighted by Crippen LogP contribution is 2.67. The summed E-state index contributed by atoms with van der Waals surface area (Å²) in [5, 5.41) is 0. The third-order valence-corrected chi connectivity index (χ3v) is 8.60. The topological polar surface area (TPSA) is 0 Å². The van der Waals surface area contributed by atoms with Crippen LogP contribution in [0, 0.1) is 23.2 Å². The molecule has 3 atom stereocenters. The second-order valence-corrected chi connectivity index (χ2v) is 10.1. The Morgan fingerprint density at radius 3 is 2.47 bits per heavy atom. The van der Waals surface area contributed by atoms with Gasteiger partial charge in [-0.05, 0) is 75.9 Å². The van der Waals surface area contributed by atoms with E-state index >= 15 is 0 Å². The van der Waals surface area contributed by atoms with Crippen LogP contribution in [0.1, 0.15) is 111 Å². The lowest BCUT2D eigenvalue weighted by molar-refractivity contribution is 0.142. The Balaban J connectivity index is 1.80. The van der Waals surface area contributed by atoms with E-state index in [1.807, 2.05) is 0 Å². The van der Waals surface area contributed by atoms with Crippen molar-refractivity contribution in [2.24, 2.45) is 23.2 Å². The first-order chi connectivity index (χ1) is 14.6. The molecule has 0 bridgehead atoms. The Labute approximate surface area is 187 Å². The van der Waals surface area contributed by atoms with Gasteiger partial charge in [0.15, 0.2) is 0 Å². The van der Waals surface area contributed by atoms with Crippen LogP contribution in [0.5, 0.6) is 0 Å². The van der Waals surface area contributed by atoms with Gasteiger partial charge in [0.2, 0.25) is 0 Å². The molecule has 2 saturated carbocycles. The van der Waals surface area contributed by atoms with E-state index in [4.69, 9.17) is 0 Å². The molecule has 0 nitrogen and oxygen atoms in total. The summed E-state index contributed by atoms with van der Waals surface area (Å²) in [5.41, 5.74) is 10.7. The van der Waals surface area contributed by atoms with Gasteiger partial charge in [-0.25, -0.2) is 0 Å². The Bertz CT molecular complexity index is 715. The zero-order valence-electron chi connectivity index (χ0n) is 20.4. The van der Waals surface area contributed by atoms with Crippen molar-refractivity contribution in [2.45, 2.75) is 111 Å². The van der Waals surface area contributed by atoms with Crippen molar-refractivity contribution in [3.05, 3.63) is 52.8 Å². The minimum atomic E-state index is 0.358. The van der Waals surface area contributed by atoms with Crippen LogP contribution >= 0.6 is 0 Å². The molecule has 3 aliphatic carbocycles. The van der Waals surface area contributed by atoms with Crippen molar-refractivity contribution < 1.29 is 0 Å². The van der Waals surface area contributed by atoms with Crippen molar-refractivity contribution in [1.29, 1.82) is 0 Å². The van der Waals surface area contributed by atoms with Crippen LogP contribution in [0.4, 0.5) is 0 Å². The van der Waals surface area contributed by atoms with E-state index in [-0.39, 0.29) is 0 Å². The molecule has 0 aliphatic heterocycles. The van der Waals surface area contributed by atoms with E-state index in [0.29, 0.717) is 17.3 Å². The maximum atomic E-state index is 4.60. The quantitative estimate of drug-likeness (QED) is 0.155. The smallest absolute Gasteiger partial charge is 0.0265 e. The van der Waals surface area contributed by atoms with E-state index in [2.05, 4.69) is 58.2 Å². The summed E-state index contributed by atoms with van der Waals surface area (Å²) in [4.78, 5) is 0. The normalized spacial score (nSPS) is 28.1. The van der Waals surface area contributed by atoms with Gasteiger partial charge >= 0.3 is 0 Å². The molecule has 0 heterocycles. The fourth-order valence-electron chi connectivity index (χ4n) is 6.68. The van der Waals surface area contributed by atoms with Gasteiger partial charge in [-0.2, -0.15) is 0 Å². The highest BCUT2D eigenvalue weighted by atomic mass is 14.6. The van der Waals surface area contributed by atoms with Crippen molar-refractivity contribution in [2.75, 3.05) is 0 Å². The van der Waals surface area contributed by atoms with Gasteiger partial charge in [-0.3, -0.25) is 0 Å². The lowest BCUT2D eigenvalue weighted by atomic mass is 9.44. The van der Waals surface area contributed by atoms with Gasteiger partial charge in [0.05, 0.1) is 0 Å². The van der Waals surface area contributed by atoms with E-state index in [1.54, 1.807) is 16.7 Å². The molecule has 3 rings (SSSR count). The average molecular weight is 407 g/mol. The van der Waals surface area contributed by atoms with Crippen molar-refractivity contribution in [3.8, 4) is 0 Å². The first-order valence-electron chi connectivity index (χ1n) is 13.1. The van der Waals surface area contributed by atoms with E-state index in [9.17, 15) is 0 Å². The summed E-state index contributed by atoms with van der Waals surface area (Å²) in [6.45, 7) is 13.8. The largest absolute Gasteiger partial charge is 0.124 e. The molecule has 0 saturated heterocycles. The SMILES string of the molecule is C=C(C(C=C=C1CCC12C(C)=C(CC)C2CCCCC)C=CC)C1CCCCCC1. The number of allylic oxidation sites excluding steroid dienone is 6. The lowest BCUT2D eigenvalue weighted by Crippen LogP contribution is -2.49. The fraction of sp³-hybridized carbons (Fsp3) is 0.700. The summed E-state index contributed by atoms with van der Waals surface area (Å²) >= 11 is 0. The molecule has 2 fully saturated rings. The maximum Gasteiger partial charge on any atom is 0.0265 e. The first-order valence-corrected chi connectivity index (χ1v) is 13.1. The Kier molecular flexibility index (Phi) is 8.47. The van der Waals surface area contributed by atoms with Crippen LogP contribution in [0.25, 0.3) is 0 Å². The minimum Gasteiger partial charge on any atom is -0.124 e. The second kappa shape index (κ2) is 10.9. The molecule has 0 N–H and O–H groups in total. The number of hydrogen-bond acceptors (Lipinski definition) is 0. The van der Waals surface area contributed by atoms with Crippen LogP contribution in [0.15, 0.2) is 52.8 Å². The van der Waals surface area contributed by atoms with E-state index in [1.165, 1.54) is 89.0 Å². The van der Waals surface area contributed by atoms with Gasteiger partial charge in [0, 0.05) is 11.3 Å². The van der Waals surface area contributed by atoms with Crippen LogP contribution in [-0.2, 0) is 0 Å². The molecule has 0 heteroatoms. The number of rotatable bonds is 9. The van der Waals surface area contributed by atoms with Crippen molar-refractivity contribution in [1.82, 2.24) is 0 Å². The fourth-order valence-corrected chi connectivity index (χ4v) is 6.68. The Morgan fingerprint density at radius 1 is 1.17 bits per heavy atom. The molecule has 3 aliphatic rings. The van der Waals surface area contributed by atoms with Crippen LogP contribution in [-0.4, -0.2) is 0 Å². The monoisotopic (exact) mass is 406 g/mol. The molecular weight excluding hydrogens is 360 g/mol. The Morgan fingerprint density at radius 2 is 1.90 bits per heavy atom. The molecule has 3 unspecified atom stereocenters. The summed E-state index contributed by atoms with van der Waals surface area (Å²) in [5.74, 6) is 1.85. The highest BCUT2D eigenvalue weighted by molar-refractivity contribution is 5.50. The van der Waals surface area contributed by atoms with Crippen LogP contribution in [0.2, 0.25) is 0 Å². The zero-order chi connectivity index (χ0) is 21.6. The Hall–Kier alpha value is -1.26. The van der Waals surface area contributed by atoms with E-state index in [0.717, 1.165) is 5.92 Å².